The molecular formula is C13H17NO. The first-order valence-electron chi connectivity index (χ1n) is 5.56. The highest BCUT2D eigenvalue weighted by molar-refractivity contribution is 5.46. The fourth-order valence-corrected chi connectivity index (χ4v) is 2.93. The number of methoxy groups -OCH3 is 1. The zero-order valence-electron chi connectivity index (χ0n) is 9.50. The van der Waals surface area contributed by atoms with Crippen molar-refractivity contribution in [1.82, 2.24) is 5.32 Å². The highest BCUT2D eigenvalue weighted by atomic mass is 16.5. The first-order chi connectivity index (χ1) is 7.13. The van der Waals surface area contributed by atoms with Crippen LogP contribution in [0, 0.1) is 0 Å². The van der Waals surface area contributed by atoms with Crippen LogP contribution in [-0.2, 0) is 11.8 Å². The van der Waals surface area contributed by atoms with Gasteiger partial charge in [0, 0.05) is 17.5 Å². The summed E-state index contributed by atoms with van der Waals surface area (Å²) in [5, 5.41) is 3.56. The van der Waals surface area contributed by atoms with Crippen molar-refractivity contribution in [2.45, 2.75) is 37.8 Å². The summed E-state index contributed by atoms with van der Waals surface area (Å²) < 4.78 is 5.30. The maximum absolute atomic E-state index is 5.30. The molecule has 0 unspecified atom stereocenters. The fraction of sp³-hybridized carbons (Fsp3) is 0.538. The summed E-state index contributed by atoms with van der Waals surface area (Å²) >= 11 is 0. The van der Waals surface area contributed by atoms with Crippen LogP contribution in [0.15, 0.2) is 18.2 Å². The Kier molecular flexibility index (Phi) is 1.70. The summed E-state index contributed by atoms with van der Waals surface area (Å²) in [6, 6.07) is 7.85. The Balaban J connectivity index is 2.12. The number of fused-ring (bicyclic) bond motifs is 2. The van der Waals surface area contributed by atoms with E-state index in [2.05, 4.69) is 37.4 Å². The summed E-state index contributed by atoms with van der Waals surface area (Å²) in [5.41, 5.74) is 3.17. The SMILES string of the molecule is COc1ccc2c(c1)C(C)(C)[C@@H]1N[C@H]1C2. The molecule has 1 aliphatic heterocycles. The van der Waals surface area contributed by atoms with E-state index in [1.165, 1.54) is 17.5 Å². The molecule has 1 fully saturated rings. The standard InChI is InChI=1S/C13H17NO/c1-13(2)10-7-9(15-3)5-4-8(10)6-11-12(13)14-11/h4-5,7,11-12,14H,6H2,1-3H3/t11-,12+/m0/s1. The van der Waals surface area contributed by atoms with Gasteiger partial charge in [0.1, 0.15) is 5.75 Å². The summed E-state index contributed by atoms with van der Waals surface area (Å²) in [6.07, 6.45) is 1.17. The number of hydrogen-bond acceptors (Lipinski definition) is 2. The minimum absolute atomic E-state index is 0.243. The lowest BCUT2D eigenvalue weighted by atomic mass is 9.72. The monoisotopic (exact) mass is 203 g/mol. The van der Waals surface area contributed by atoms with Gasteiger partial charge in [0.25, 0.3) is 0 Å². The van der Waals surface area contributed by atoms with Gasteiger partial charge in [-0.3, -0.25) is 0 Å². The third-order valence-electron chi connectivity index (χ3n) is 3.92. The fourth-order valence-electron chi connectivity index (χ4n) is 2.93. The third-order valence-corrected chi connectivity index (χ3v) is 3.92. The largest absolute Gasteiger partial charge is 0.497 e. The van der Waals surface area contributed by atoms with Crippen molar-refractivity contribution in [2.24, 2.45) is 0 Å². The molecule has 2 aliphatic rings. The van der Waals surface area contributed by atoms with Gasteiger partial charge >= 0.3 is 0 Å². The minimum Gasteiger partial charge on any atom is -0.497 e. The summed E-state index contributed by atoms with van der Waals surface area (Å²) in [5.74, 6) is 0.973. The lowest BCUT2D eigenvalue weighted by Crippen LogP contribution is -2.32. The lowest BCUT2D eigenvalue weighted by molar-refractivity contribution is 0.409. The molecule has 1 saturated heterocycles. The first kappa shape index (κ1) is 9.22. The van der Waals surface area contributed by atoms with Crippen LogP contribution in [0.1, 0.15) is 25.0 Å². The van der Waals surface area contributed by atoms with Gasteiger partial charge in [0.15, 0.2) is 0 Å². The van der Waals surface area contributed by atoms with Crippen molar-refractivity contribution in [3.8, 4) is 5.75 Å². The molecule has 0 spiro atoms. The summed E-state index contributed by atoms with van der Waals surface area (Å²) in [4.78, 5) is 0. The van der Waals surface area contributed by atoms with Crippen molar-refractivity contribution in [3.63, 3.8) is 0 Å². The molecule has 2 atom stereocenters. The van der Waals surface area contributed by atoms with Crippen molar-refractivity contribution in [3.05, 3.63) is 29.3 Å². The molecule has 0 radical (unpaired) electrons. The van der Waals surface area contributed by atoms with Crippen LogP contribution in [-0.4, -0.2) is 19.2 Å². The van der Waals surface area contributed by atoms with Gasteiger partial charge in [-0.25, -0.2) is 0 Å². The van der Waals surface area contributed by atoms with Gasteiger partial charge < -0.3 is 10.1 Å². The van der Waals surface area contributed by atoms with Crippen molar-refractivity contribution >= 4 is 0 Å². The van der Waals surface area contributed by atoms with Crippen LogP contribution < -0.4 is 10.1 Å². The molecule has 0 aromatic heterocycles. The van der Waals surface area contributed by atoms with E-state index in [1.54, 1.807) is 7.11 Å². The smallest absolute Gasteiger partial charge is 0.119 e. The molecule has 1 N–H and O–H groups in total. The van der Waals surface area contributed by atoms with Gasteiger partial charge in [0.05, 0.1) is 7.11 Å². The number of ether oxygens (including phenoxy) is 1. The quantitative estimate of drug-likeness (QED) is 0.706. The number of hydrogen-bond donors (Lipinski definition) is 1. The lowest BCUT2D eigenvalue weighted by Gasteiger charge is -2.31. The van der Waals surface area contributed by atoms with E-state index < -0.39 is 0 Å². The van der Waals surface area contributed by atoms with E-state index in [0.29, 0.717) is 12.1 Å². The molecule has 80 valence electrons. The maximum Gasteiger partial charge on any atom is 0.119 e. The molecule has 15 heavy (non-hydrogen) atoms. The predicted octanol–water partition coefficient (Wildman–Crippen LogP) is 1.87. The highest BCUT2D eigenvalue weighted by Gasteiger charge is 2.51. The first-order valence-corrected chi connectivity index (χ1v) is 5.56. The van der Waals surface area contributed by atoms with Crippen LogP contribution in [0.25, 0.3) is 0 Å². The average Bonchev–Trinajstić information content (AvgIpc) is 2.98. The Hall–Kier alpha value is -1.02. The molecular weight excluding hydrogens is 186 g/mol. The Morgan fingerprint density at radius 3 is 2.93 bits per heavy atom. The van der Waals surface area contributed by atoms with E-state index in [4.69, 9.17) is 4.74 Å². The molecule has 0 saturated carbocycles. The topological polar surface area (TPSA) is 31.2 Å². The second-order valence-electron chi connectivity index (χ2n) is 5.20. The Labute approximate surface area is 90.6 Å². The molecule has 1 aromatic rings. The molecule has 1 aliphatic carbocycles. The normalized spacial score (nSPS) is 30.3. The maximum atomic E-state index is 5.30. The number of nitrogens with one attached hydrogen (secondary N) is 1. The van der Waals surface area contributed by atoms with E-state index in [0.717, 1.165) is 5.75 Å². The Bertz CT molecular complexity index is 411. The minimum atomic E-state index is 0.243. The van der Waals surface area contributed by atoms with Crippen LogP contribution >= 0.6 is 0 Å². The molecule has 1 heterocycles. The van der Waals surface area contributed by atoms with E-state index in [1.807, 2.05) is 0 Å². The molecule has 2 nitrogen and oxygen atoms in total. The van der Waals surface area contributed by atoms with E-state index >= 15 is 0 Å². The highest BCUT2D eigenvalue weighted by Crippen LogP contribution is 2.44. The molecule has 2 heteroatoms. The third kappa shape index (κ3) is 1.21. The van der Waals surface area contributed by atoms with Gasteiger partial charge in [-0.2, -0.15) is 0 Å². The van der Waals surface area contributed by atoms with E-state index in [9.17, 15) is 0 Å². The number of benzene rings is 1. The van der Waals surface area contributed by atoms with Crippen LogP contribution in [0.2, 0.25) is 0 Å². The van der Waals surface area contributed by atoms with Crippen molar-refractivity contribution in [1.29, 1.82) is 0 Å². The van der Waals surface area contributed by atoms with Gasteiger partial charge in [-0.05, 0) is 29.7 Å². The second-order valence-corrected chi connectivity index (χ2v) is 5.20. The van der Waals surface area contributed by atoms with Gasteiger partial charge in [0.2, 0.25) is 0 Å². The van der Waals surface area contributed by atoms with Gasteiger partial charge in [-0.15, -0.1) is 0 Å². The summed E-state index contributed by atoms with van der Waals surface area (Å²) in [6.45, 7) is 4.64. The zero-order valence-corrected chi connectivity index (χ0v) is 9.50. The van der Waals surface area contributed by atoms with Crippen molar-refractivity contribution < 1.29 is 4.74 Å². The van der Waals surface area contributed by atoms with Gasteiger partial charge in [-0.1, -0.05) is 19.9 Å². The Morgan fingerprint density at radius 2 is 2.20 bits per heavy atom. The summed E-state index contributed by atoms with van der Waals surface area (Å²) in [7, 11) is 1.73. The molecule has 1 aromatic carbocycles. The second kappa shape index (κ2) is 2.76. The molecule has 3 rings (SSSR count). The number of rotatable bonds is 1. The van der Waals surface area contributed by atoms with Crippen LogP contribution in [0.5, 0.6) is 5.75 Å². The van der Waals surface area contributed by atoms with Crippen LogP contribution in [0.3, 0.4) is 0 Å². The van der Waals surface area contributed by atoms with Crippen LogP contribution in [0.4, 0.5) is 0 Å². The van der Waals surface area contributed by atoms with E-state index in [-0.39, 0.29) is 5.41 Å². The zero-order chi connectivity index (χ0) is 10.6. The Morgan fingerprint density at radius 1 is 1.40 bits per heavy atom. The molecule has 0 amide bonds. The average molecular weight is 203 g/mol. The van der Waals surface area contributed by atoms with Crippen molar-refractivity contribution in [2.75, 3.05) is 7.11 Å². The predicted molar refractivity (Wildman–Crippen MR) is 60.4 cm³/mol. The molecule has 0 bridgehead atoms.